The minimum Gasteiger partial charge on any atom is -0.473 e. The molecule has 0 radical (unpaired) electrons. The average molecular weight is 313 g/mol. The molecule has 1 aliphatic rings. The fraction of sp³-hybridized carbons (Fsp3) is 0.429. The Kier molecular flexibility index (Phi) is 7.21. The highest BCUT2D eigenvalue weighted by molar-refractivity contribution is 8.00. The topological polar surface area (TPSA) is 98.1 Å². The Morgan fingerprint density at radius 1 is 1.19 bits per heavy atom. The highest BCUT2D eigenvalue weighted by atomic mass is 32.2. The first-order chi connectivity index (χ1) is 9.93. The minimum absolute atomic E-state index is 0.185. The van der Waals surface area contributed by atoms with Crippen molar-refractivity contribution in [1.82, 2.24) is 4.90 Å². The van der Waals surface area contributed by atoms with Crippen LogP contribution in [0.1, 0.15) is 6.92 Å². The van der Waals surface area contributed by atoms with E-state index in [1.807, 2.05) is 18.2 Å². The van der Waals surface area contributed by atoms with Crippen LogP contribution in [-0.4, -0.2) is 63.1 Å². The van der Waals surface area contributed by atoms with Crippen molar-refractivity contribution < 1.29 is 24.9 Å². The lowest BCUT2D eigenvalue weighted by Crippen LogP contribution is -2.21. The molecule has 7 heteroatoms. The Labute approximate surface area is 127 Å². The monoisotopic (exact) mass is 313 g/mol. The van der Waals surface area contributed by atoms with Gasteiger partial charge in [0.1, 0.15) is 0 Å². The number of carboxylic acid groups (broad SMARTS) is 2. The van der Waals surface area contributed by atoms with Gasteiger partial charge in [-0.1, -0.05) is 25.1 Å². The van der Waals surface area contributed by atoms with Gasteiger partial charge in [-0.2, -0.15) is 0 Å². The van der Waals surface area contributed by atoms with E-state index in [1.54, 1.807) is 11.8 Å². The summed E-state index contributed by atoms with van der Waals surface area (Å²) in [5.74, 6) is -3.65. The second-order valence-electron chi connectivity index (χ2n) is 4.50. The number of hydrogen-bond acceptors (Lipinski definition) is 5. The third-order valence-corrected chi connectivity index (χ3v) is 4.28. The number of hydrogen-bond donors (Lipinski definition) is 3. The maximum Gasteiger partial charge on any atom is 0.414 e. The molecule has 1 fully saturated rings. The Morgan fingerprint density at radius 2 is 1.76 bits per heavy atom. The van der Waals surface area contributed by atoms with E-state index >= 15 is 0 Å². The van der Waals surface area contributed by atoms with Gasteiger partial charge in [-0.05, 0) is 18.7 Å². The Bertz CT molecular complexity index is 456. The van der Waals surface area contributed by atoms with Crippen LogP contribution >= 0.6 is 11.8 Å². The Morgan fingerprint density at radius 3 is 2.19 bits per heavy atom. The van der Waals surface area contributed by atoms with Gasteiger partial charge >= 0.3 is 11.9 Å². The molecule has 0 saturated carbocycles. The smallest absolute Gasteiger partial charge is 0.414 e. The number of carbonyl (C=O) groups is 2. The summed E-state index contributed by atoms with van der Waals surface area (Å²) in [5, 5.41) is 25.0. The molecule has 2 rings (SSSR count). The maximum atomic E-state index is 9.89. The number of aliphatic hydroxyl groups excluding tert-OH is 1. The summed E-state index contributed by atoms with van der Waals surface area (Å²) in [4.78, 5) is 21.7. The van der Waals surface area contributed by atoms with Gasteiger partial charge in [0.05, 0.1) is 6.10 Å². The van der Waals surface area contributed by atoms with E-state index in [2.05, 4.69) is 24.0 Å². The molecule has 0 aromatic heterocycles. The quantitative estimate of drug-likeness (QED) is 0.716. The van der Waals surface area contributed by atoms with Gasteiger partial charge in [0.25, 0.3) is 0 Å². The van der Waals surface area contributed by atoms with Gasteiger partial charge in [-0.3, -0.25) is 4.90 Å². The molecule has 0 bridgehead atoms. The third-order valence-electron chi connectivity index (χ3n) is 2.97. The van der Waals surface area contributed by atoms with Crippen molar-refractivity contribution >= 4 is 23.7 Å². The maximum absolute atomic E-state index is 9.89. The molecule has 1 saturated heterocycles. The number of aliphatic carboxylic acids is 2. The summed E-state index contributed by atoms with van der Waals surface area (Å²) in [5.41, 5.74) is 0. The fourth-order valence-corrected chi connectivity index (χ4v) is 3.07. The first-order valence-electron chi connectivity index (χ1n) is 6.52. The molecule has 2 atom stereocenters. The van der Waals surface area contributed by atoms with Gasteiger partial charge in [0, 0.05) is 23.2 Å². The van der Waals surface area contributed by atoms with Crippen LogP contribution in [0, 0.1) is 0 Å². The summed E-state index contributed by atoms with van der Waals surface area (Å²) in [6, 6.07) is 10.3. The molecule has 1 heterocycles. The van der Waals surface area contributed by atoms with Crippen LogP contribution in [0.15, 0.2) is 35.2 Å². The second-order valence-corrected chi connectivity index (χ2v) is 5.81. The zero-order valence-corrected chi connectivity index (χ0v) is 12.5. The summed E-state index contributed by atoms with van der Waals surface area (Å²) in [7, 11) is 0. The van der Waals surface area contributed by atoms with E-state index in [0.29, 0.717) is 5.25 Å². The number of likely N-dealkylation sites (N-methyl/N-ethyl adjacent to an activating group) is 1. The van der Waals surface area contributed by atoms with E-state index in [-0.39, 0.29) is 6.10 Å². The number of rotatable bonds is 3. The number of carboxylic acids is 2. The molecular weight excluding hydrogens is 294 g/mol. The minimum atomic E-state index is -1.82. The third kappa shape index (κ3) is 6.16. The molecule has 0 amide bonds. The second kappa shape index (κ2) is 8.66. The first-order valence-corrected chi connectivity index (χ1v) is 7.40. The van der Waals surface area contributed by atoms with Crippen molar-refractivity contribution in [3.63, 3.8) is 0 Å². The van der Waals surface area contributed by atoms with Crippen molar-refractivity contribution in [2.24, 2.45) is 0 Å². The van der Waals surface area contributed by atoms with Crippen molar-refractivity contribution in [2.45, 2.75) is 23.2 Å². The number of likely N-dealkylation sites (tertiary alicyclic amines) is 1. The van der Waals surface area contributed by atoms with Gasteiger partial charge in [0.15, 0.2) is 0 Å². The lowest BCUT2D eigenvalue weighted by atomic mass is 10.3. The molecular formula is C14H19NO5S. The molecule has 3 N–H and O–H groups in total. The fourth-order valence-electron chi connectivity index (χ4n) is 1.88. The van der Waals surface area contributed by atoms with E-state index in [1.165, 1.54) is 4.90 Å². The molecule has 1 aromatic carbocycles. The standard InChI is InChI=1S/C12H17NOS.C2H2O4/c1-2-13-8-11(14)12(9-13)15-10-6-4-3-5-7-10;3-1(4)2(5)6/h3-7,11-12,14H,2,8-9H2,1H3;(H,3,4)(H,5,6)/t11-,12-;/m1./s1. The van der Waals surface area contributed by atoms with Crippen molar-refractivity contribution in [3.05, 3.63) is 30.3 Å². The largest absolute Gasteiger partial charge is 0.473 e. The number of nitrogens with zero attached hydrogens (tertiary/aromatic N) is 1. The molecule has 116 valence electrons. The van der Waals surface area contributed by atoms with Crippen molar-refractivity contribution in [2.75, 3.05) is 19.6 Å². The van der Waals surface area contributed by atoms with E-state index in [9.17, 15) is 5.11 Å². The Balaban J connectivity index is 0.000000315. The predicted molar refractivity (Wildman–Crippen MR) is 79.5 cm³/mol. The van der Waals surface area contributed by atoms with Gasteiger partial charge in [-0.15, -0.1) is 11.8 Å². The number of β-amino-alcohol motifs (C(OH)–C–C–N with tert-alkyl or cyclic N) is 1. The van der Waals surface area contributed by atoms with Crippen LogP contribution in [0.5, 0.6) is 0 Å². The van der Waals surface area contributed by atoms with Crippen LogP contribution < -0.4 is 0 Å². The van der Waals surface area contributed by atoms with Crippen molar-refractivity contribution in [3.8, 4) is 0 Å². The summed E-state index contributed by atoms with van der Waals surface area (Å²) in [6.45, 7) is 4.99. The lowest BCUT2D eigenvalue weighted by Gasteiger charge is -2.13. The lowest BCUT2D eigenvalue weighted by molar-refractivity contribution is -0.159. The van der Waals surface area contributed by atoms with Crippen LogP contribution in [0.4, 0.5) is 0 Å². The normalized spacial score (nSPS) is 21.4. The number of thioether (sulfide) groups is 1. The number of benzene rings is 1. The highest BCUT2D eigenvalue weighted by Gasteiger charge is 2.30. The first kappa shape index (κ1) is 17.5. The highest BCUT2D eigenvalue weighted by Crippen LogP contribution is 2.29. The van der Waals surface area contributed by atoms with Crippen LogP contribution in [0.3, 0.4) is 0 Å². The van der Waals surface area contributed by atoms with E-state index in [0.717, 1.165) is 19.6 Å². The zero-order chi connectivity index (χ0) is 15.8. The van der Waals surface area contributed by atoms with Crippen molar-refractivity contribution in [1.29, 1.82) is 0 Å². The molecule has 0 unspecified atom stereocenters. The molecule has 0 spiro atoms. The van der Waals surface area contributed by atoms with Crippen LogP contribution in [0.2, 0.25) is 0 Å². The molecule has 1 aliphatic heterocycles. The summed E-state index contributed by atoms with van der Waals surface area (Å²) >= 11 is 1.79. The van der Waals surface area contributed by atoms with Crippen LogP contribution in [-0.2, 0) is 9.59 Å². The van der Waals surface area contributed by atoms with Gasteiger partial charge in [0.2, 0.25) is 0 Å². The number of aliphatic hydroxyl groups is 1. The molecule has 6 nitrogen and oxygen atoms in total. The molecule has 0 aliphatic carbocycles. The molecule has 1 aromatic rings. The van der Waals surface area contributed by atoms with Crippen LogP contribution in [0.25, 0.3) is 0 Å². The van der Waals surface area contributed by atoms with E-state index in [4.69, 9.17) is 19.8 Å². The average Bonchev–Trinajstić information content (AvgIpc) is 2.81. The van der Waals surface area contributed by atoms with Gasteiger partial charge in [-0.25, -0.2) is 9.59 Å². The predicted octanol–water partition coefficient (Wildman–Crippen LogP) is 0.999. The van der Waals surface area contributed by atoms with Gasteiger partial charge < -0.3 is 15.3 Å². The summed E-state index contributed by atoms with van der Waals surface area (Å²) < 4.78 is 0. The summed E-state index contributed by atoms with van der Waals surface area (Å²) in [6.07, 6.45) is -0.185. The Hall–Kier alpha value is -1.57. The SMILES string of the molecule is CCN1C[C@@H](O)[C@H](Sc2ccccc2)C1.O=C(O)C(=O)O. The molecule has 21 heavy (non-hydrogen) atoms. The van der Waals surface area contributed by atoms with E-state index < -0.39 is 11.9 Å². The zero-order valence-electron chi connectivity index (χ0n) is 11.7.